The van der Waals surface area contributed by atoms with E-state index in [-0.39, 0.29) is 29.4 Å². The number of benzene rings is 1. The van der Waals surface area contributed by atoms with Gasteiger partial charge < -0.3 is 15.4 Å². The number of nitrogens with zero attached hydrogens (tertiary/aromatic N) is 1. The molecule has 2 rings (SSSR count). The number of ether oxygens (including phenoxy) is 1. The molecule has 0 saturated carbocycles. The Kier molecular flexibility index (Phi) is 8.74. The molecule has 1 aliphatic heterocycles. The van der Waals surface area contributed by atoms with Crippen LogP contribution < -0.4 is 10.6 Å². The molecular formula is C17H24BrN3O3S. The largest absolute Gasteiger partial charge is 0.379 e. The molecule has 0 spiro atoms. The molecule has 6 nitrogen and oxygen atoms in total. The molecule has 2 amide bonds. The topological polar surface area (TPSA) is 70.7 Å². The minimum absolute atomic E-state index is 0.0407. The van der Waals surface area contributed by atoms with Gasteiger partial charge in [0, 0.05) is 35.8 Å². The molecule has 0 aliphatic carbocycles. The van der Waals surface area contributed by atoms with Gasteiger partial charge in [-0.3, -0.25) is 14.5 Å². The monoisotopic (exact) mass is 429 g/mol. The predicted octanol–water partition coefficient (Wildman–Crippen LogP) is 1.96. The number of hydrogen-bond donors (Lipinski definition) is 2. The summed E-state index contributed by atoms with van der Waals surface area (Å²) < 4.78 is 6.22. The highest BCUT2D eigenvalue weighted by Crippen LogP contribution is 2.15. The molecule has 0 aromatic heterocycles. The number of carbonyl (C=O) groups is 2. The van der Waals surface area contributed by atoms with Crippen molar-refractivity contribution >= 4 is 45.2 Å². The number of thioether (sulfide) groups is 1. The van der Waals surface area contributed by atoms with Crippen molar-refractivity contribution < 1.29 is 14.3 Å². The smallest absolute Gasteiger partial charge is 0.234 e. The fraction of sp³-hybridized carbons (Fsp3) is 0.529. The second kappa shape index (κ2) is 10.8. The van der Waals surface area contributed by atoms with Crippen molar-refractivity contribution in [3.8, 4) is 0 Å². The first kappa shape index (κ1) is 20.2. The van der Waals surface area contributed by atoms with E-state index in [0.29, 0.717) is 0 Å². The van der Waals surface area contributed by atoms with Gasteiger partial charge in [-0.2, -0.15) is 0 Å². The van der Waals surface area contributed by atoms with Gasteiger partial charge in [0.15, 0.2) is 0 Å². The highest BCUT2D eigenvalue weighted by Gasteiger charge is 2.15. The van der Waals surface area contributed by atoms with Gasteiger partial charge >= 0.3 is 0 Å². The Morgan fingerprint density at radius 3 is 2.72 bits per heavy atom. The van der Waals surface area contributed by atoms with Crippen molar-refractivity contribution in [2.24, 2.45) is 0 Å². The molecule has 1 heterocycles. The normalized spacial score (nSPS) is 16.2. The van der Waals surface area contributed by atoms with Crippen molar-refractivity contribution in [3.05, 3.63) is 28.7 Å². The minimum atomic E-state index is -0.114. The maximum atomic E-state index is 12.0. The Hall–Kier alpha value is -1.09. The van der Waals surface area contributed by atoms with Gasteiger partial charge in [-0.25, -0.2) is 0 Å². The van der Waals surface area contributed by atoms with Crippen LogP contribution in [0, 0.1) is 0 Å². The third-order valence-corrected chi connectivity index (χ3v) is 5.04. The highest BCUT2D eigenvalue weighted by atomic mass is 79.9. The molecule has 0 radical (unpaired) electrons. The van der Waals surface area contributed by atoms with Crippen LogP contribution >= 0.6 is 27.7 Å². The molecule has 1 aromatic rings. The molecule has 1 fully saturated rings. The SMILES string of the molecule is CC(CN1CCOCC1)NC(=O)CSCC(=O)Nc1cccc(Br)c1. The molecule has 0 bridgehead atoms. The van der Waals surface area contributed by atoms with E-state index in [0.717, 1.165) is 43.0 Å². The van der Waals surface area contributed by atoms with Gasteiger partial charge in [-0.05, 0) is 25.1 Å². The standard InChI is InChI=1S/C17H24BrN3O3S/c1-13(10-21-5-7-24-8-6-21)19-16(22)11-25-12-17(23)20-15-4-2-3-14(18)9-15/h2-4,9,13H,5-8,10-12H2,1H3,(H,19,22)(H,20,23). The molecular weight excluding hydrogens is 406 g/mol. The Morgan fingerprint density at radius 1 is 1.28 bits per heavy atom. The third kappa shape index (κ3) is 8.22. The second-order valence-electron chi connectivity index (χ2n) is 5.93. The van der Waals surface area contributed by atoms with E-state index in [1.165, 1.54) is 11.8 Å². The number of amides is 2. The van der Waals surface area contributed by atoms with Crippen LogP contribution in [0.2, 0.25) is 0 Å². The summed E-state index contributed by atoms with van der Waals surface area (Å²) in [5, 5.41) is 5.79. The average Bonchev–Trinajstić information content (AvgIpc) is 2.55. The van der Waals surface area contributed by atoms with Crippen LogP contribution in [0.3, 0.4) is 0 Å². The molecule has 1 saturated heterocycles. The molecule has 1 aromatic carbocycles. The van der Waals surface area contributed by atoms with Gasteiger partial charge in [0.25, 0.3) is 0 Å². The number of carbonyl (C=O) groups excluding carboxylic acids is 2. The first-order valence-electron chi connectivity index (χ1n) is 8.25. The first-order chi connectivity index (χ1) is 12.0. The number of anilines is 1. The summed E-state index contributed by atoms with van der Waals surface area (Å²) >= 11 is 4.67. The summed E-state index contributed by atoms with van der Waals surface area (Å²) in [7, 11) is 0. The molecule has 1 aliphatic rings. The van der Waals surface area contributed by atoms with Crippen molar-refractivity contribution in [3.63, 3.8) is 0 Å². The Bertz CT molecular complexity index is 582. The highest BCUT2D eigenvalue weighted by molar-refractivity contribution is 9.10. The van der Waals surface area contributed by atoms with E-state index in [4.69, 9.17) is 4.74 Å². The van der Waals surface area contributed by atoms with Crippen molar-refractivity contribution in [2.75, 3.05) is 49.7 Å². The zero-order valence-electron chi connectivity index (χ0n) is 14.3. The summed E-state index contributed by atoms with van der Waals surface area (Å²) in [5.74, 6) is 0.371. The van der Waals surface area contributed by atoms with Crippen molar-refractivity contribution in [2.45, 2.75) is 13.0 Å². The second-order valence-corrected chi connectivity index (χ2v) is 7.83. The fourth-order valence-corrected chi connectivity index (χ4v) is 3.56. The van der Waals surface area contributed by atoms with Crippen LogP contribution in [0.4, 0.5) is 5.69 Å². The van der Waals surface area contributed by atoms with Crippen molar-refractivity contribution in [1.29, 1.82) is 0 Å². The maximum Gasteiger partial charge on any atom is 0.234 e. The van der Waals surface area contributed by atoms with Crippen LogP contribution in [0.25, 0.3) is 0 Å². The average molecular weight is 430 g/mol. The summed E-state index contributed by atoms with van der Waals surface area (Å²) in [4.78, 5) is 26.1. The summed E-state index contributed by atoms with van der Waals surface area (Å²) in [5.41, 5.74) is 0.739. The van der Waals surface area contributed by atoms with Gasteiger partial charge in [-0.1, -0.05) is 22.0 Å². The first-order valence-corrected chi connectivity index (χ1v) is 10.2. The number of nitrogens with one attached hydrogen (secondary N) is 2. The van der Waals surface area contributed by atoms with E-state index in [2.05, 4.69) is 31.5 Å². The van der Waals surface area contributed by atoms with E-state index in [9.17, 15) is 9.59 Å². The number of morpholine rings is 1. The minimum Gasteiger partial charge on any atom is -0.379 e. The van der Waals surface area contributed by atoms with Crippen LogP contribution in [0.5, 0.6) is 0 Å². The quantitative estimate of drug-likeness (QED) is 0.660. The lowest BCUT2D eigenvalue weighted by Gasteiger charge is -2.29. The van der Waals surface area contributed by atoms with E-state index >= 15 is 0 Å². The molecule has 138 valence electrons. The zero-order chi connectivity index (χ0) is 18.1. The maximum absolute atomic E-state index is 12.0. The van der Waals surface area contributed by atoms with Gasteiger partial charge in [0.2, 0.25) is 11.8 Å². The Morgan fingerprint density at radius 2 is 2.00 bits per heavy atom. The molecule has 8 heteroatoms. The van der Waals surface area contributed by atoms with Crippen LogP contribution in [0.15, 0.2) is 28.7 Å². The Balaban J connectivity index is 1.60. The molecule has 2 N–H and O–H groups in total. The molecule has 1 unspecified atom stereocenters. The van der Waals surface area contributed by atoms with Crippen LogP contribution in [-0.4, -0.2) is 67.1 Å². The van der Waals surface area contributed by atoms with Crippen LogP contribution in [-0.2, 0) is 14.3 Å². The van der Waals surface area contributed by atoms with Gasteiger partial charge in [0.1, 0.15) is 0 Å². The predicted molar refractivity (Wildman–Crippen MR) is 105 cm³/mol. The number of halogens is 1. The lowest BCUT2D eigenvalue weighted by molar-refractivity contribution is -0.119. The number of hydrogen-bond acceptors (Lipinski definition) is 5. The van der Waals surface area contributed by atoms with Gasteiger partial charge in [-0.15, -0.1) is 11.8 Å². The molecule has 25 heavy (non-hydrogen) atoms. The van der Waals surface area contributed by atoms with E-state index in [1.54, 1.807) is 0 Å². The third-order valence-electron chi connectivity index (χ3n) is 3.62. The Labute approximate surface area is 161 Å². The summed E-state index contributed by atoms with van der Waals surface area (Å²) in [6.07, 6.45) is 0. The zero-order valence-corrected chi connectivity index (χ0v) is 16.7. The fourth-order valence-electron chi connectivity index (χ4n) is 2.53. The molecule has 1 atom stereocenters. The lowest BCUT2D eigenvalue weighted by atomic mass is 10.3. The van der Waals surface area contributed by atoms with E-state index in [1.807, 2.05) is 31.2 Å². The van der Waals surface area contributed by atoms with Crippen LogP contribution in [0.1, 0.15) is 6.92 Å². The van der Waals surface area contributed by atoms with Gasteiger partial charge in [0.05, 0.1) is 24.7 Å². The van der Waals surface area contributed by atoms with Crippen molar-refractivity contribution in [1.82, 2.24) is 10.2 Å². The lowest BCUT2D eigenvalue weighted by Crippen LogP contribution is -2.46. The summed E-state index contributed by atoms with van der Waals surface area (Å²) in [6.45, 7) is 6.14. The summed E-state index contributed by atoms with van der Waals surface area (Å²) in [6, 6.07) is 7.50. The number of rotatable bonds is 8. The van der Waals surface area contributed by atoms with E-state index < -0.39 is 0 Å².